The van der Waals surface area contributed by atoms with Crippen LogP contribution >= 0.6 is 0 Å². The minimum atomic E-state index is -4.92. The van der Waals surface area contributed by atoms with Crippen molar-refractivity contribution in [3.05, 3.63) is 35.9 Å². The third kappa shape index (κ3) is 24.3. The standard InChI is InChI=1S/C18H30.Na.H2O4S/c1-2-3-4-5-6-7-8-9-10-12-15-18-16-13-11-14-17-18;;1-5(2,3)4/h11,13-14,16-17H,2-10,12,15H2,1H3;;(H2,1,2,3,4)/q;+1;/p-1. The van der Waals surface area contributed by atoms with Crippen molar-refractivity contribution < 1.29 is 47.1 Å². The molecule has 0 bridgehead atoms. The van der Waals surface area contributed by atoms with E-state index >= 15 is 0 Å². The number of benzene rings is 1. The Hall–Kier alpha value is 0.0900. The van der Waals surface area contributed by atoms with E-state index in [1.807, 2.05) is 0 Å². The largest absolute Gasteiger partial charge is 1.00 e. The molecule has 0 aliphatic carbocycles. The fraction of sp³-hybridized carbons (Fsp3) is 0.667. The molecule has 0 saturated carbocycles. The Kier molecular flexibility index (Phi) is 19.6. The van der Waals surface area contributed by atoms with E-state index in [-0.39, 0.29) is 29.6 Å². The summed E-state index contributed by atoms with van der Waals surface area (Å²) in [5.41, 5.74) is 1.50. The molecular formula is C18H31NaO4S. The van der Waals surface area contributed by atoms with Gasteiger partial charge >= 0.3 is 29.6 Å². The van der Waals surface area contributed by atoms with Crippen molar-refractivity contribution in [2.45, 2.75) is 77.6 Å². The van der Waals surface area contributed by atoms with Gasteiger partial charge in [-0.05, 0) is 18.4 Å². The average Bonchev–Trinajstić information content (AvgIpc) is 2.48. The molecule has 24 heavy (non-hydrogen) atoms. The zero-order valence-corrected chi connectivity index (χ0v) is 18.1. The topological polar surface area (TPSA) is 77.4 Å². The Balaban J connectivity index is 0. The first kappa shape index (κ1) is 26.3. The molecule has 0 atom stereocenters. The van der Waals surface area contributed by atoms with Crippen molar-refractivity contribution in [3.63, 3.8) is 0 Å². The van der Waals surface area contributed by atoms with Crippen molar-refractivity contribution in [2.75, 3.05) is 0 Å². The Labute approximate surface area is 170 Å². The first-order chi connectivity index (χ1) is 10.9. The van der Waals surface area contributed by atoms with Gasteiger partial charge in [0.15, 0.2) is 0 Å². The van der Waals surface area contributed by atoms with Crippen LogP contribution in [0, 0.1) is 0 Å². The maximum atomic E-state index is 8.63. The molecule has 0 amide bonds. The molecule has 0 aliphatic rings. The van der Waals surface area contributed by atoms with Crippen LogP contribution in [0.4, 0.5) is 0 Å². The van der Waals surface area contributed by atoms with Crippen molar-refractivity contribution in [1.29, 1.82) is 0 Å². The predicted octanol–water partition coefficient (Wildman–Crippen LogP) is 2.16. The normalized spacial score (nSPS) is 10.5. The van der Waals surface area contributed by atoms with E-state index in [2.05, 4.69) is 37.3 Å². The van der Waals surface area contributed by atoms with Crippen LogP contribution in [0.1, 0.15) is 76.7 Å². The van der Waals surface area contributed by atoms with Crippen LogP contribution in [0.15, 0.2) is 30.3 Å². The molecular weight excluding hydrogens is 335 g/mol. The third-order valence-corrected chi connectivity index (χ3v) is 3.66. The summed E-state index contributed by atoms with van der Waals surface area (Å²) in [7, 11) is -4.92. The van der Waals surface area contributed by atoms with E-state index in [1.165, 1.54) is 76.2 Å². The molecule has 0 spiro atoms. The molecule has 0 unspecified atom stereocenters. The number of aryl methyl sites for hydroxylation is 1. The molecule has 0 saturated heterocycles. The number of hydrogen-bond donors (Lipinski definition) is 1. The van der Waals surface area contributed by atoms with Crippen LogP contribution in [0.3, 0.4) is 0 Å². The second-order valence-electron chi connectivity index (χ2n) is 5.85. The van der Waals surface area contributed by atoms with Crippen LogP contribution < -0.4 is 29.6 Å². The summed E-state index contributed by atoms with van der Waals surface area (Å²) in [5.74, 6) is 0. The first-order valence-electron chi connectivity index (χ1n) is 8.65. The third-order valence-electron chi connectivity index (χ3n) is 3.66. The SMILES string of the molecule is CCCCCCCCCCCCc1ccccc1.O=S(=O)([O-])O.[Na+]. The predicted molar refractivity (Wildman–Crippen MR) is 94.3 cm³/mol. The molecule has 0 radical (unpaired) electrons. The van der Waals surface area contributed by atoms with Gasteiger partial charge < -0.3 is 4.55 Å². The van der Waals surface area contributed by atoms with E-state index in [0.717, 1.165) is 0 Å². The summed E-state index contributed by atoms with van der Waals surface area (Å²) >= 11 is 0. The van der Waals surface area contributed by atoms with Gasteiger partial charge in [0.25, 0.3) is 0 Å². The van der Waals surface area contributed by atoms with Crippen LogP contribution in [0.25, 0.3) is 0 Å². The maximum absolute atomic E-state index is 8.63. The average molecular weight is 366 g/mol. The van der Waals surface area contributed by atoms with E-state index in [0.29, 0.717) is 0 Å². The van der Waals surface area contributed by atoms with Crippen LogP contribution in [-0.4, -0.2) is 17.5 Å². The Morgan fingerprint density at radius 1 is 0.833 bits per heavy atom. The second kappa shape index (κ2) is 17.9. The number of rotatable bonds is 11. The summed E-state index contributed by atoms with van der Waals surface area (Å²) in [4.78, 5) is 0. The van der Waals surface area contributed by atoms with E-state index in [4.69, 9.17) is 17.5 Å². The van der Waals surface area contributed by atoms with Gasteiger partial charge in [-0.3, -0.25) is 4.55 Å². The zero-order valence-electron chi connectivity index (χ0n) is 15.2. The van der Waals surface area contributed by atoms with Gasteiger partial charge in [-0.25, -0.2) is 8.42 Å². The van der Waals surface area contributed by atoms with Gasteiger partial charge in [-0.15, -0.1) is 0 Å². The summed E-state index contributed by atoms with van der Waals surface area (Å²) in [6.07, 6.45) is 15.5. The molecule has 0 heterocycles. The van der Waals surface area contributed by atoms with E-state index in [1.54, 1.807) is 0 Å². The molecule has 4 nitrogen and oxygen atoms in total. The minimum absolute atomic E-state index is 0. The number of unbranched alkanes of at least 4 members (excludes halogenated alkanes) is 9. The molecule has 1 aromatic carbocycles. The van der Waals surface area contributed by atoms with Crippen molar-refractivity contribution in [1.82, 2.24) is 0 Å². The Morgan fingerprint density at radius 3 is 1.62 bits per heavy atom. The van der Waals surface area contributed by atoms with Gasteiger partial charge in [0.1, 0.15) is 0 Å². The quantitative estimate of drug-likeness (QED) is 0.282. The first-order valence-corrected chi connectivity index (χ1v) is 10.0. The minimum Gasteiger partial charge on any atom is -0.726 e. The van der Waals surface area contributed by atoms with Crippen LogP contribution in [0.5, 0.6) is 0 Å². The van der Waals surface area contributed by atoms with Crippen LogP contribution in [0.2, 0.25) is 0 Å². The molecule has 1 rings (SSSR count). The van der Waals surface area contributed by atoms with E-state index < -0.39 is 10.4 Å². The molecule has 1 aromatic rings. The van der Waals surface area contributed by atoms with Crippen molar-refractivity contribution in [3.8, 4) is 0 Å². The fourth-order valence-electron chi connectivity index (χ4n) is 2.46. The number of hydrogen-bond acceptors (Lipinski definition) is 3. The second-order valence-corrected chi connectivity index (χ2v) is 6.70. The fourth-order valence-corrected chi connectivity index (χ4v) is 2.46. The van der Waals surface area contributed by atoms with Crippen molar-refractivity contribution in [2.24, 2.45) is 0 Å². The van der Waals surface area contributed by atoms with Crippen molar-refractivity contribution >= 4 is 10.4 Å². The molecule has 0 aliphatic heterocycles. The summed E-state index contributed by atoms with van der Waals surface area (Å²) in [5, 5.41) is 0. The molecule has 1 N–H and O–H groups in total. The smallest absolute Gasteiger partial charge is 0.726 e. The molecule has 0 aromatic heterocycles. The zero-order chi connectivity index (χ0) is 17.4. The van der Waals surface area contributed by atoms with Crippen LogP contribution in [-0.2, 0) is 16.8 Å². The van der Waals surface area contributed by atoms with Gasteiger partial charge in [0.2, 0.25) is 10.4 Å². The van der Waals surface area contributed by atoms with Gasteiger partial charge in [0, 0.05) is 0 Å². The Bertz CT molecular complexity index is 455. The summed E-state index contributed by atoms with van der Waals surface area (Å²) in [6, 6.07) is 10.9. The Morgan fingerprint density at radius 2 is 1.21 bits per heavy atom. The van der Waals surface area contributed by atoms with E-state index in [9.17, 15) is 0 Å². The maximum Gasteiger partial charge on any atom is 1.00 e. The summed E-state index contributed by atoms with van der Waals surface area (Å²) < 4.78 is 32.8. The van der Waals surface area contributed by atoms with Gasteiger partial charge in [0.05, 0.1) is 0 Å². The molecule has 6 heteroatoms. The molecule has 134 valence electrons. The monoisotopic (exact) mass is 366 g/mol. The van der Waals surface area contributed by atoms with Gasteiger partial charge in [-0.2, -0.15) is 0 Å². The summed E-state index contributed by atoms with van der Waals surface area (Å²) in [6.45, 7) is 2.28. The molecule has 0 fully saturated rings. The van der Waals surface area contributed by atoms with Gasteiger partial charge in [-0.1, -0.05) is 95.0 Å².